The molecule has 0 spiro atoms. The molecular weight excluding hydrogens is 272 g/mol. The molecule has 1 unspecified atom stereocenters. The minimum absolute atomic E-state index is 0.0619. The Morgan fingerprint density at radius 1 is 1.30 bits per heavy atom. The van der Waals surface area contributed by atoms with Crippen LogP contribution in [0.15, 0.2) is 42.6 Å². The summed E-state index contributed by atoms with van der Waals surface area (Å²) in [6, 6.07) is 12.3. The van der Waals surface area contributed by atoms with Crippen LogP contribution in [0.4, 0.5) is 0 Å². The van der Waals surface area contributed by atoms with E-state index in [1.54, 1.807) is 6.20 Å². The van der Waals surface area contributed by atoms with Crippen molar-refractivity contribution in [2.24, 2.45) is 0 Å². The number of hydrogen-bond acceptors (Lipinski definition) is 3. The molecule has 0 bridgehead atoms. The molecule has 1 aliphatic heterocycles. The first-order valence-corrected chi connectivity index (χ1v) is 7.19. The van der Waals surface area contributed by atoms with E-state index in [4.69, 9.17) is 11.6 Å². The lowest BCUT2D eigenvalue weighted by molar-refractivity contribution is 0.108. The van der Waals surface area contributed by atoms with Crippen LogP contribution in [0.25, 0.3) is 0 Å². The van der Waals surface area contributed by atoms with Crippen LogP contribution >= 0.6 is 11.6 Å². The molecule has 3 nitrogen and oxygen atoms in total. The second kappa shape index (κ2) is 5.92. The number of pyridine rings is 1. The second-order valence-electron chi connectivity index (χ2n) is 5.10. The van der Waals surface area contributed by atoms with E-state index in [1.807, 2.05) is 18.2 Å². The Hall–Kier alpha value is -1.42. The van der Waals surface area contributed by atoms with Gasteiger partial charge in [0.1, 0.15) is 5.15 Å². The zero-order chi connectivity index (χ0) is 13.9. The quantitative estimate of drug-likeness (QED) is 0.883. The molecule has 0 aliphatic carbocycles. The van der Waals surface area contributed by atoms with Crippen molar-refractivity contribution >= 4 is 11.6 Å². The van der Waals surface area contributed by atoms with E-state index in [0.717, 1.165) is 25.1 Å². The van der Waals surface area contributed by atoms with Crippen LogP contribution in [-0.2, 0) is 13.0 Å². The van der Waals surface area contributed by atoms with Gasteiger partial charge in [0.2, 0.25) is 0 Å². The summed E-state index contributed by atoms with van der Waals surface area (Å²) in [5, 5.41) is 10.3. The van der Waals surface area contributed by atoms with Gasteiger partial charge >= 0.3 is 0 Å². The van der Waals surface area contributed by atoms with Gasteiger partial charge in [0.15, 0.2) is 0 Å². The minimum atomic E-state index is 0.0619. The number of hydrogen-bond donors (Lipinski definition) is 1. The largest absolute Gasteiger partial charge is 0.394 e. The summed E-state index contributed by atoms with van der Waals surface area (Å²) < 4.78 is 0. The molecule has 1 atom stereocenters. The van der Waals surface area contributed by atoms with Crippen molar-refractivity contribution in [3.05, 3.63) is 64.4 Å². The lowest BCUT2D eigenvalue weighted by Crippen LogP contribution is -2.36. The highest BCUT2D eigenvalue weighted by molar-refractivity contribution is 6.29. The predicted molar refractivity (Wildman–Crippen MR) is 79.6 cm³/mol. The topological polar surface area (TPSA) is 36.4 Å². The molecule has 0 amide bonds. The summed E-state index contributed by atoms with van der Waals surface area (Å²) >= 11 is 5.93. The first kappa shape index (κ1) is 13.6. The molecule has 1 aromatic carbocycles. The lowest BCUT2D eigenvalue weighted by atomic mass is 9.92. The van der Waals surface area contributed by atoms with Crippen LogP contribution < -0.4 is 0 Å². The van der Waals surface area contributed by atoms with Crippen molar-refractivity contribution in [1.29, 1.82) is 0 Å². The van der Waals surface area contributed by atoms with E-state index in [0.29, 0.717) is 5.15 Å². The zero-order valence-corrected chi connectivity index (χ0v) is 11.9. The number of benzene rings is 1. The number of fused-ring (bicyclic) bond motifs is 1. The molecule has 1 aliphatic rings. The van der Waals surface area contributed by atoms with Gasteiger partial charge in [-0.3, -0.25) is 4.90 Å². The molecule has 104 valence electrons. The van der Waals surface area contributed by atoms with Crippen molar-refractivity contribution in [2.75, 3.05) is 13.2 Å². The Balaban J connectivity index is 1.84. The maximum atomic E-state index is 9.76. The van der Waals surface area contributed by atoms with E-state index in [-0.39, 0.29) is 12.6 Å². The van der Waals surface area contributed by atoms with E-state index in [1.165, 1.54) is 11.1 Å². The van der Waals surface area contributed by atoms with Crippen molar-refractivity contribution in [2.45, 2.75) is 19.0 Å². The Bertz CT molecular complexity index is 603. The van der Waals surface area contributed by atoms with E-state index >= 15 is 0 Å². The third-order valence-corrected chi connectivity index (χ3v) is 4.08. The molecule has 4 heteroatoms. The van der Waals surface area contributed by atoms with Gasteiger partial charge in [0, 0.05) is 19.3 Å². The summed E-state index contributed by atoms with van der Waals surface area (Å²) in [5.74, 6) is 0. The second-order valence-corrected chi connectivity index (χ2v) is 5.49. The molecule has 0 fully saturated rings. The first-order valence-electron chi connectivity index (χ1n) is 6.81. The van der Waals surface area contributed by atoms with Crippen molar-refractivity contribution in [3.8, 4) is 0 Å². The number of nitrogens with zero attached hydrogens (tertiary/aromatic N) is 2. The Labute approximate surface area is 123 Å². The van der Waals surface area contributed by atoms with Gasteiger partial charge < -0.3 is 5.11 Å². The molecule has 2 heterocycles. The lowest BCUT2D eigenvalue weighted by Gasteiger charge is -2.36. The smallest absolute Gasteiger partial charge is 0.129 e. The van der Waals surface area contributed by atoms with E-state index < -0.39 is 0 Å². The number of rotatable bonds is 3. The van der Waals surface area contributed by atoms with E-state index in [2.05, 4.69) is 28.1 Å². The predicted octanol–water partition coefficient (Wildman–Crippen LogP) is 2.83. The first-order chi connectivity index (χ1) is 9.78. The monoisotopic (exact) mass is 288 g/mol. The van der Waals surface area contributed by atoms with Crippen molar-refractivity contribution in [3.63, 3.8) is 0 Å². The van der Waals surface area contributed by atoms with Gasteiger partial charge in [-0.15, -0.1) is 0 Å². The SMILES string of the molecule is OCC1c2ccccc2CCN1Cc1ccnc(Cl)c1. The van der Waals surface area contributed by atoms with Crippen LogP contribution in [0, 0.1) is 0 Å². The number of aliphatic hydroxyl groups excluding tert-OH is 1. The standard InChI is InChI=1S/C16H17ClN2O/c17-16-9-12(5-7-18-16)10-19-8-6-13-3-1-2-4-14(13)15(19)11-20/h1-5,7,9,15,20H,6,8,10-11H2. The fourth-order valence-electron chi connectivity index (χ4n) is 2.88. The zero-order valence-electron chi connectivity index (χ0n) is 11.2. The summed E-state index contributed by atoms with van der Waals surface area (Å²) in [6.45, 7) is 1.86. The van der Waals surface area contributed by atoms with Crippen LogP contribution in [0.1, 0.15) is 22.7 Å². The Kier molecular flexibility index (Phi) is 4.01. The van der Waals surface area contributed by atoms with Gasteiger partial charge in [-0.1, -0.05) is 35.9 Å². The van der Waals surface area contributed by atoms with Crippen LogP contribution in [0.3, 0.4) is 0 Å². The average molecular weight is 289 g/mol. The molecule has 1 aromatic heterocycles. The Morgan fingerprint density at radius 3 is 2.95 bits per heavy atom. The average Bonchev–Trinajstić information content (AvgIpc) is 2.47. The van der Waals surface area contributed by atoms with Crippen LogP contribution in [-0.4, -0.2) is 28.1 Å². The fraction of sp³-hybridized carbons (Fsp3) is 0.312. The maximum Gasteiger partial charge on any atom is 0.129 e. The molecule has 0 saturated carbocycles. The van der Waals surface area contributed by atoms with Gasteiger partial charge in [0.05, 0.1) is 12.6 Å². The highest BCUT2D eigenvalue weighted by Gasteiger charge is 2.26. The highest BCUT2D eigenvalue weighted by Crippen LogP contribution is 2.30. The molecule has 3 rings (SSSR count). The van der Waals surface area contributed by atoms with Crippen molar-refractivity contribution < 1.29 is 5.11 Å². The summed E-state index contributed by atoms with van der Waals surface area (Å²) in [4.78, 5) is 6.31. The molecule has 0 radical (unpaired) electrons. The summed E-state index contributed by atoms with van der Waals surface area (Å²) in [7, 11) is 0. The van der Waals surface area contributed by atoms with Gasteiger partial charge in [0.25, 0.3) is 0 Å². The third kappa shape index (κ3) is 2.70. The molecular formula is C16H17ClN2O. The molecule has 1 N–H and O–H groups in total. The molecule has 20 heavy (non-hydrogen) atoms. The van der Waals surface area contributed by atoms with Crippen molar-refractivity contribution in [1.82, 2.24) is 9.88 Å². The van der Waals surface area contributed by atoms with Gasteiger partial charge in [-0.05, 0) is 35.2 Å². The third-order valence-electron chi connectivity index (χ3n) is 3.87. The van der Waals surface area contributed by atoms with Crippen LogP contribution in [0.5, 0.6) is 0 Å². The van der Waals surface area contributed by atoms with E-state index in [9.17, 15) is 5.11 Å². The number of aromatic nitrogens is 1. The normalized spacial score (nSPS) is 18.8. The molecule has 2 aromatic rings. The van der Waals surface area contributed by atoms with Gasteiger partial charge in [-0.25, -0.2) is 4.98 Å². The summed E-state index contributed by atoms with van der Waals surface area (Å²) in [5.41, 5.74) is 3.71. The van der Waals surface area contributed by atoms with Gasteiger partial charge in [-0.2, -0.15) is 0 Å². The maximum absolute atomic E-state index is 9.76. The molecule has 0 saturated heterocycles. The highest BCUT2D eigenvalue weighted by atomic mass is 35.5. The Morgan fingerprint density at radius 2 is 2.15 bits per heavy atom. The number of halogens is 1. The fourth-order valence-corrected chi connectivity index (χ4v) is 3.08. The minimum Gasteiger partial charge on any atom is -0.394 e. The summed E-state index contributed by atoms with van der Waals surface area (Å²) in [6.07, 6.45) is 2.75. The number of aliphatic hydroxyl groups is 1. The van der Waals surface area contributed by atoms with Crippen LogP contribution in [0.2, 0.25) is 5.15 Å².